The molecule has 0 heterocycles. The maximum absolute atomic E-state index is 4.97. The first-order chi connectivity index (χ1) is 7.10. The molecule has 0 spiro atoms. The van der Waals surface area contributed by atoms with Crippen LogP contribution in [0.1, 0.15) is 18.9 Å². The van der Waals surface area contributed by atoms with Crippen molar-refractivity contribution in [3.8, 4) is 5.75 Å². The first-order valence-electron chi connectivity index (χ1n) is 5.35. The summed E-state index contributed by atoms with van der Waals surface area (Å²) >= 11 is 0. The van der Waals surface area contributed by atoms with Gasteiger partial charge in [0.15, 0.2) is 0 Å². The van der Waals surface area contributed by atoms with Crippen LogP contribution in [0.15, 0.2) is 24.3 Å². The van der Waals surface area contributed by atoms with Crippen LogP contribution < -0.4 is 4.74 Å². The molecule has 2 nitrogen and oxygen atoms in total. The second kappa shape index (κ2) is 8.30. The van der Waals surface area contributed by atoms with Crippen LogP contribution in [0.25, 0.3) is 0 Å². The highest BCUT2D eigenvalue weighted by atomic mass is 16.5. The van der Waals surface area contributed by atoms with Crippen LogP contribution >= 0.6 is 0 Å². The van der Waals surface area contributed by atoms with Crippen molar-refractivity contribution in [3.63, 3.8) is 0 Å². The zero-order valence-electron chi connectivity index (χ0n) is 10.6. The van der Waals surface area contributed by atoms with Crippen molar-refractivity contribution in [2.75, 3.05) is 27.7 Å². The van der Waals surface area contributed by atoms with Gasteiger partial charge in [-0.1, -0.05) is 24.6 Å². The molecule has 0 saturated carbocycles. The van der Waals surface area contributed by atoms with Gasteiger partial charge in [0, 0.05) is 0 Å². The summed E-state index contributed by atoms with van der Waals surface area (Å²) in [6.07, 6.45) is 1.26. The predicted octanol–water partition coefficient (Wildman–Crippen LogP) is 2.96. The molecular weight excluding hydrogens is 186 g/mol. The van der Waals surface area contributed by atoms with Gasteiger partial charge in [0.05, 0.1) is 7.11 Å². The maximum atomic E-state index is 4.97. The first-order valence-corrected chi connectivity index (χ1v) is 5.35. The first kappa shape index (κ1) is 14.0. The number of benzene rings is 1. The maximum Gasteiger partial charge on any atom is 0.118 e. The fraction of sp³-hybridized carbons (Fsp3) is 0.538. The average molecular weight is 209 g/mol. The number of methoxy groups -OCH3 is 1. The SMILES string of the molecule is CCCN(C)C.COc1ccc(C)cc1. The average Bonchev–Trinajstić information content (AvgIpc) is 2.20. The molecule has 0 aliphatic carbocycles. The number of aryl methyl sites for hydroxylation is 1. The lowest BCUT2D eigenvalue weighted by Crippen LogP contribution is -2.11. The van der Waals surface area contributed by atoms with Gasteiger partial charge < -0.3 is 9.64 Å². The van der Waals surface area contributed by atoms with Crippen LogP contribution in [0.3, 0.4) is 0 Å². The van der Waals surface area contributed by atoms with E-state index < -0.39 is 0 Å². The van der Waals surface area contributed by atoms with Crippen molar-refractivity contribution in [2.24, 2.45) is 0 Å². The van der Waals surface area contributed by atoms with Gasteiger partial charge in [0.1, 0.15) is 5.75 Å². The summed E-state index contributed by atoms with van der Waals surface area (Å²) in [6.45, 7) is 5.44. The molecule has 0 saturated heterocycles. The van der Waals surface area contributed by atoms with E-state index in [4.69, 9.17) is 4.74 Å². The van der Waals surface area contributed by atoms with Gasteiger partial charge >= 0.3 is 0 Å². The number of ether oxygens (including phenoxy) is 1. The molecule has 0 atom stereocenters. The second-order valence-corrected chi connectivity index (χ2v) is 3.82. The molecule has 0 fully saturated rings. The van der Waals surface area contributed by atoms with Gasteiger partial charge in [-0.15, -0.1) is 0 Å². The Morgan fingerprint density at radius 3 is 1.93 bits per heavy atom. The van der Waals surface area contributed by atoms with Crippen LogP contribution in [0.4, 0.5) is 0 Å². The third-order valence-electron chi connectivity index (χ3n) is 1.93. The smallest absolute Gasteiger partial charge is 0.118 e. The van der Waals surface area contributed by atoms with E-state index in [1.54, 1.807) is 7.11 Å². The minimum Gasteiger partial charge on any atom is -0.497 e. The quantitative estimate of drug-likeness (QED) is 0.759. The highest BCUT2D eigenvalue weighted by Crippen LogP contribution is 2.09. The predicted molar refractivity (Wildman–Crippen MR) is 66.6 cm³/mol. The van der Waals surface area contributed by atoms with Crippen LogP contribution in [0.2, 0.25) is 0 Å². The standard InChI is InChI=1S/C8H10O.C5H13N/c1-7-3-5-8(9-2)6-4-7;1-4-5-6(2)3/h3-6H,1-2H3;4-5H2,1-3H3. The third kappa shape index (κ3) is 8.01. The van der Waals surface area contributed by atoms with Gasteiger partial charge in [-0.3, -0.25) is 0 Å². The molecular formula is C13H23NO. The Kier molecular flexibility index (Phi) is 7.74. The molecule has 0 amide bonds. The molecule has 0 unspecified atom stereocenters. The lowest BCUT2D eigenvalue weighted by molar-refractivity contribution is 0.408. The third-order valence-corrected chi connectivity index (χ3v) is 1.93. The Morgan fingerprint density at radius 1 is 1.13 bits per heavy atom. The number of hydrogen-bond donors (Lipinski definition) is 0. The van der Waals surface area contributed by atoms with Crippen LogP contribution in [-0.2, 0) is 0 Å². The van der Waals surface area contributed by atoms with Gasteiger partial charge in [0.2, 0.25) is 0 Å². The molecule has 1 aromatic rings. The van der Waals surface area contributed by atoms with Crippen molar-refractivity contribution < 1.29 is 4.74 Å². The van der Waals surface area contributed by atoms with Gasteiger partial charge in [0.25, 0.3) is 0 Å². The molecule has 1 aromatic carbocycles. The van der Waals surface area contributed by atoms with E-state index >= 15 is 0 Å². The van der Waals surface area contributed by atoms with E-state index in [9.17, 15) is 0 Å². The Balaban J connectivity index is 0.000000288. The fourth-order valence-electron chi connectivity index (χ4n) is 1.12. The Hall–Kier alpha value is -1.02. The summed E-state index contributed by atoms with van der Waals surface area (Å²) in [7, 11) is 5.84. The highest BCUT2D eigenvalue weighted by molar-refractivity contribution is 5.25. The lowest BCUT2D eigenvalue weighted by atomic mass is 10.2. The summed E-state index contributed by atoms with van der Waals surface area (Å²) < 4.78 is 4.97. The number of nitrogens with zero attached hydrogens (tertiary/aromatic N) is 1. The monoisotopic (exact) mass is 209 g/mol. The van der Waals surface area contributed by atoms with Gasteiger partial charge in [-0.05, 0) is 46.1 Å². The molecule has 0 radical (unpaired) electrons. The Morgan fingerprint density at radius 2 is 1.67 bits per heavy atom. The lowest BCUT2D eigenvalue weighted by Gasteiger charge is -2.03. The van der Waals surface area contributed by atoms with Crippen LogP contribution in [0, 0.1) is 6.92 Å². The zero-order valence-corrected chi connectivity index (χ0v) is 10.6. The second-order valence-electron chi connectivity index (χ2n) is 3.82. The van der Waals surface area contributed by atoms with E-state index in [2.05, 4.69) is 32.8 Å². The number of rotatable bonds is 3. The minimum atomic E-state index is 0.917. The van der Waals surface area contributed by atoms with Crippen molar-refractivity contribution in [3.05, 3.63) is 29.8 Å². The summed E-state index contributed by atoms with van der Waals surface area (Å²) in [5.74, 6) is 0.917. The van der Waals surface area contributed by atoms with E-state index in [0.717, 1.165) is 5.75 Å². The summed E-state index contributed by atoms with van der Waals surface area (Å²) in [4.78, 5) is 2.18. The van der Waals surface area contributed by atoms with Crippen molar-refractivity contribution in [1.29, 1.82) is 0 Å². The highest BCUT2D eigenvalue weighted by Gasteiger charge is 1.85. The molecule has 0 aliphatic rings. The number of hydrogen-bond acceptors (Lipinski definition) is 2. The molecule has 1 rings (SSSR count). The van der Waals surface area contributed by atoms with Crippen molar-refractivity contribution >= 4 is 0 Å². The van der Waals surface area contributed by atoms with Crippen LogP contribution in [-0.4, -0.2) is 32.6 Å². The van der Waals surface area contributed by atoms with E-state index in [1.807, 2.05) is 24.3 Å². The van der Waals surface area contributed by atoms with Gasteiger partial charge in [-0.2, -0.15) is 0 Å². The normalized spacial score (nSPS) is 9.47. The zero-order chi connectivity index (χ0) is 11.7. The molecule has 2 heteroatoms. The Bertz CT molecular complexity index is 241. The molecule has 15 heavy (non-hydrogen) atoms. The molecule has 0 bridgehead atoms. The molecule has 0 aliphatic heterocycles. The fourth-order valence-corrected chi connectivity index (χ4v) is 1.12. The summed E-state index contributed by atoms with van der Waals surface area (Å²) in [5, 5.41) is 0. The summed E-state index contributed by atoms with van der Waals surface area (Å²) in [6, 6.07) is 7.96. The molecule has 0 aromatic heterocycles. The molecule has 86 valence electrons. The van der Waals surface area contributed by atoms with Gasteiger partial charge in [-0.25, -0.2) is 0 Å². The Labute approximate surface area is 93.9 Å². The van der Waals surface area contributed by atoms with E-state index in [-0.39, 0.29) is 0 Å². The van der Waals surface area contributed by atoms with Crippen LogP contribution in [0.5, 0.6) is 5.75 Å². The van der Waals surface area contributed by atoms with E-state index in [1.165, 1.54) is 18.5 Å². The molecule has 0 N–H and O–H groups in total. The summed E-state index contributed by atoms with van der Waals surface area (Å²) in [5.41, 5.74) is 1.26. The minimum absolute atomic E-state index is 0.917. The topological polar surface area (TPSA) is 12.5 Å². The van der Waals surface area contributed by atoms with E-state index in [0.29, 0.717) is 0 Å². The largest absolute Gasteiger partial charge is 0.497 e. The van der Waals surface area contributed by atoms with Crippen molar-refractivity contribution in [2.45, 2.75) is 20.3 Å². The van der Waals surface area contributed by atoms with Crippen molar-refractivity contribution in [1.82, 2.24) is 4.90 Å².